The molecule has 0 aliphatic heterocycles. The van der Waals surface area contributed by atoms with Crippen molar-refractivity contribution in [1.29, 1.82) is 0 Å². The molecular weight excluding hydrogens is 143 g/mol. The van der Waals surface area contributed by atoms with Gasteiger partial charge in [0, 0.05) is 0 Å². The molecule has 4 nitrogen and oxygen atoms in total. The Morgan fingerprint density at radius 3 is 2.44 bits per heavy atom. The summed E-state index contributed by atoms with van der Waals surface area (Å²) in [5, 5.41) is -0.0810. The van der Waals surface area contributed by atoms with Gasteiger partial charge in [-0.2, -0.15) is 0 Å². The van der Waals surface area contributed by atoms with E-state index >= 15 is 0 Å². The lowest BCUT2D eigenvalue weighted by molar-refractivity contribution is 0.387. The molecule has 1 rings (SSSR count). The van der Waals surface area contributed by atoms with E-state index < -0.39 is 7.60 Å². The summed E-state index contributed by atoms with van der Waals surface area (Å²) in [7, 11) is -4.06. The highest BCUT2D eigenvalue weighted by molar-refractivity contribution is 7.60. The summed E-state index contributed by atoms with van der Waals surface area (Å²) in [4.78, 5) is 16.9. The van der Waals surface area contributed by atoms with Gasteiger partial charge in [0.1, 0.15) is 11.6 Å². The zero-order valence-corrected chi connectivity index (χ0v) is 5.28. The topological polar surface area (TPSA) is 70.7 Å². The fourth-order valence-corrected chi connectivity index (χ4v) is 0.876. The van der Waals surface area contributed by atoms with Gasteiger partial charge in [-0.15, -0.1) is 0 Å². The van der Waals surface area contributed by atoms with Gasteiger partial charge in [0.05, 0.1) is 6.26 Å². The summed E-state index contributed by atoms with van der Waals surface area (Å²) in [6.07, 6.45) is 2.25. The molecule has 0 radical (unpaired) electrons. The van der Waals surface area contributed by atoms with Crippen LogP contribution in [0, 0.1) is 0 Å². The number of hydrogen-bond acceptors (Lipinski definition) is 2. The summed E-state index contributed by atoms with van der Waals surface area (Å²) in [5.74, 6) is 0. The summed E-state index contributed by atoms with van der Waals surface area (Å²) >= 11 is 0. The number of furan rings is 1. The number of hydrogen-bond donors (Lipinski definition) is 2. The fraction of sp³-hybridized carbons (Fsp3) is 0. The standard InChI is InChI=1S/C4H5O4P/c5-9(6,7)4-1-2-8-3-4/h1-3H,(H2,5,6,7). The second kappa shape index (κ2) is 1.99. The molecule has 0 saturated carbocycles. The Morgan fingerprint density at radius 2 is 2.22 bits per heavy atom. The van der Waals surface area contributed by atoms with E-state index in [1.807, 2.05) is 0 Å². The van der Waals surface area contributed by atoms with Gasteiger partial charge in [0.2, 0.25) is 0 Å². The Kier molecular flexibility index (Phi) is 1.45. The van der Waals surface area contributed by atoms with Crippen LogP contribution in [0.15, 0.2) is 23.0 Å². The highest BCUT2D eigenvalue weighted by atomic mass is 31.2. The second-order valence-electron chi connectivity index (χ2n) is 1.53. The predicted molar refractivity (Wildman–Crippen MR) is 30.4 cm³/mol. The van der Waals surface area contributed by atoms with Crippen molar-refractivity contribution in [1.82, 2.24) is 0 Å². The third-order valence-electron chi connectivity index (χ3n) is 0.843. The minimum Gasteiger partial charge on any atom is -0.472 e. The maximum absolute atomic E-state index is 10.3. The van der Waals surface area contributed by atoms with Crippen molar-refractivity contribution in [3.8, 4) is 0 Å². The van der Waals surface area contributed by atoms with Crippen LogP contribution in [0.3, 0.4) is 0 Å². The molecule has 0 aromatic carbocycles. The molecule has 0 aliphatic carbocycles. The molecule has 0 aliphatic rings. The average molecular weight is 148 g/mol. The van der Waals surface area contributed by atoms with Gasteiger partial charge in [-0.1, -0.05) is 0 Å². The molecular formula is C4H5O4P. The first-order valence-corrected chi connectivity index (χ1v) is 3.80. The van der Waals surface area contributed by atoms with E-state index in [-0.39, 0.29) is 5.30 Å². The highest BCUT2D eigenvalue weighted by Gasteiger charge is 2.17. The Balaban J connectivity index is 3.04. The first-order chi connectivity index (χ1) is 4.11. The second-order valence-corrected chi connectivity index (χ2v) is 3.13. The molecule has 1 heterocycles. The van der Waals surface area contributed by atoms with E-state index in [1.54, 1.807) is 0 Å². The molecule has 9 heavy (non-hydrogen) atoms. The highest BCUT2D eigenvalue weighted by Crippen LogP contribution is 2.32. The van der Waals surface area contributed by atoms with E-state index in [4.69, 9.17) is 9.79 Å². The zero-order valence-electron chi connectivity index (χ0n) is 4.39. The Morgan fingerprint density at radius 1 is 1.56 bits per heavy atom. The Bertz CT molecular complexity index is 221. The number of rotatable bonds is 1. The quantitative estimate of drug-likeness (QED) is 0.553. The predicted octanol–water partition coefficient (Wildman–Crippen LogP) is 0.0826. The van der Waals surface area contributed by atoms with Crippen LogP contribution in [-0.4, -0.2) is 9.79 Å². The van der Waals surface area contributed by atoms with E-state index in [9.17, 15) is 4.57 Å². The largest absolute Gasteiger partial charge is 0.472 e. The third kappa shape index (κ3) is 1.42. The van der Waals surface area contributed by atoms with Crippen LogP contribution in [0.1, 0.15) is 0 Å². The SMILES string of the molecule is O=P(O)(O)c1ccoc1. The molecule has 5 heteroatoms. The van der Waals surface area contributed by atoms with Crippen molar-refractivity contribution in [2.24, 2.45) is 0 Å². The molecule has 0 atom stereocenters. The molecule has 0 amide bonds. The van der Waals surface area contributed by atoms with E-state index in [2.05, 4.69) is 4.42 Å². The molecule has 2 N–H and O–H groups in total. The van der Waals surface area contributed by atoms with Gasteiger partial charge in [-0.05, 0) is 6.07 Å². The van der Waals surface area contributed by atoms with Crippen molar-refractivity contribution >= 4 is 12.9 Å². The maximum atomic E-state index is 10.3. The first-order valence-electron chi connectivity index (χ1n) is 2.19. The summed E-state index contributed by atoms with van der Waals surface area (Å²) in [6.45, 7) is 0. The minimum absolute atomic E-state index is 0.0810. The van der Waals surface area contributed by atoms with Crippen LogP contribution in [0.25, 0.3) is 0 Å². The summed E-state index contributed by atoms with van der Waals surface area (Å²) in [5.41, 5.74) is 0. The monoisotopic (exact) mass is 148 g/mol. The van der Waals surface area contributed by atoms with Crippen molar-refractivity contribution in [2.75, 3.05) is 0 Å². The normalized spacial score (nSPS) is 11.8. The van der Waals surface area contributed by atoms with Gasteiger partial charge in [0.25, 0.3) is 0 Å². The zero-order chi connectivity index (χ0) is 6.91. The van der Waals surface area contributed by atoms with Crippen LogP contribution < -0.4 is 5.30 Å². The molecule has 1 aromatic rings. The minimum atomic E-state index is -4.06. The van der Waals surface area contributed by atoms with Crippen LogP contribution in [0.2, 0.25) is 0 Å². The molecule has 0 unspecified atom stereocenters. The van der Waals surface area contributed by atoms with Crippen molar-refractivity contribution < 1.29 is 18.8 Å². The lowest BCUT2D eigenvalue weighted by Gasteiger charge is -1.95. The Hall–Kier alpha value is -0.570. The van der Waals surface area contributed by atoms with Crippen LogP contribution >= 0.6 is 7.60 Å². The summed E-state index contributed by atoms with van der Waals surface area (Å²) < 4.78 is 14.8. The van der Waals surface area contributed by atoms with Crippen LogP contribution in [-0.2, 0) is 4.57 Å². The van der Waals surface area contributed by atoms with Gasteiger partial charge < -0.3 is 14.2 Å². The van der Waals surface area contributed by atoms with Gasteiger partial charge >= 0.3 is 7.60 Å². The summed E-state index contributed by atoms with van der Waals surface area (Å²) in [6, 6.07) is 1.24. The fourth-order valence-electron chi connectivity index (χ4n) is 0.423. The molecule has 0 spiro atoms. The van der Waals surface area contributed by atoms with Crippen LogP contribution in [0.5, 0.6) is 0 Å². The van der Waals surface area contributed by atoms with Gasteiger partial charge in [0.15, 0.2) is 0 Å². The van der Waals surface area contributed by atoms with Gasteiger partial charge in [-0.3, -0.25) is 4.57 Å². The van der Waals surface area contributed by atoms with Crippen molar-refractivity contribution in [2.45, 2.75) is 0 Å². The first kappa shape index (κ1) is 6.55. The van der Waals surface area contributed by atoms with E-state index in [0.717, 1.165) is 6.26 Å². The molecule has 0 bridgehead atoms. The average Bonchev–Trinajstić information content (AvgIpc) is 2.08. The van der Waals surface area contributed by atoms with E-state index in [0.29, 0.717) is 0 Å². The molecule has 0 saturated heterocycles. The van der Waals surface area contributed by atoms with Crippen molar-refractivity contribution in [3.05, 3.63) is 18.6 Å². The Labute approximate surface area is 51.3 Å². The maximum Gasteiger partial charge on any atom is 0.359 e. The van der Waals surface area contributed by atoms with Crippen molar-refractivity contribution in [3.63, 3.8) is 0 Å². The molecule has 1 aromatic heterocycles. The lowest BCUT2D eigenvalue weighted by Crippen LogP contribution is -1.97. The molecule has 50 valence electrons. The lowest BCUT2D eigenvalue weighted by atomic mass is 10.7. The van der Waals surface area contributed by atoms with Gasteiger partial charge in [-0.25, -0.2) is 0 Å². The van der Waals surface area contributed by atoms with Crippen LogP contribution in [0.4, 0.5) is 0 Å². The smallest absolute Gasteiger partial charge is 0.359 e. The van der Waals surface area contributed by atoms with E-state index in [1.165, 1.54) is 12.3 Å². The molecule has 0 fully saturated rings. The third-order valence-corrected chi connectivity index (χ3v) is 1.77.